The van der Waals surface area contributed by atoms with Gasteiger partial charge in [0.2, 0.25) is 10.0 Å². The quantitative estimate of drug-likeness (QED) is 0.499. The van der Waals surface area contributed by atoms with Crippen molar-refractivity contribution in [2.75, 3.05) is 45.4 Å². The van der Waals surface area contributed by atoms with Gasteiger partial charge in [0.15, 0.2) is 0 Å². The van der Waals surface area contributed by atoms with E-state index in [9.17, 15) is 18.5 Å². The van der Waals surface area contributed by atoms with Crippen LogP contribution in [0.1, 0.15) is 5.56 Å². The third-order valence-corrected chi connectivity index (χ3v) is 6.61. The zero-order valence-electron chi connectivity index (χ0n) is 16.3. The molecule has 0 bridgehead atoms. The average Bonchev–Trinajstić information content (AvgIpc) is 2.74. The molecule has 1 saturated heterocycles. The summed E-state index contributed by atoms with van der Waals surface area (Å²) >= 11 is 0. The highest BCUT2D eigenvalue weighted by atomic mass is 32.2. The van der Waals surface area contributed by atoms with Gasteiger partial charge < -0.3 is 14.4 Å². The Morgan fingerprint density at radius 3 is 2.59 bits per heavy atom. The van der Waals surface area contributed by atoms with Crippen LogP contribution in [0.5, 0.6) is 5.75 Å². The van der Waals surface area contributed by atoms with Crippen LogP contribution in [0.3, 0.4) is 0 Å². The molecule has 3 rings (SSSR count). The average molecular weight is 421 g/mol. The fraction of sp³-hybridized carbons (Fsp3) is 0.368. The Balaban J connectivity index is 1.90. The molecule has 0 aromatic heterocycles. The summed E-state index contributed by atoms with van der Waals surface area (Å²) in [6, 6.07) is 11.4. The summed E-state index contributed by atoms with van der Waals surface area (Å²) in [5, 5.41) is 11.7. The highest BCUT2D eigenvalue weighted by Gasteiger charge is 2.29. The Labute approximate surface area is 169 Å². The second kappa shape index (κ2) is 8.76. The molecule has 1 fully saturated rings. The minimum atomic E-state index is -3.81. The number of anilines is 1. The molecule has 0 aliphatic carbocycles. The predicted octanol–water partition coefficient (Wildman–Crippen LogP) is 2.26. The Morgan fingerprint density at radius 1 is 1.21 bits per heavy atom. The van der Waals surface area contributed by atoms with Gasteiger partial charge >= 0.3 is 0 Å². The number of methoxy groups -OCH3 is 1. The van der Waals surface area contributed by atoms with Crippen molar-refractivity contribution in [3.8, 4) is 5.75 Å². The molecule has 10 heteroatoms. The van der Waals surface area contributed by atoms with Crippen molar-refractivity contribution >= 4 is 21.4 Å². The van der Waals surface area contributed by atoms with Gasteiger partial charge in [-0.2, -0.15) is 4.31 Å². The number of nitro groups is 1. The zero-order chi connectivity index (χ0) is 21.0. The van der Waals surface area contributed by atoms with Crippen molar-refractivity contribution in [1.82, 2.24) is 4.31 Å². The van der Waals surface area contributed by atoms with Gasteiger partial charge in [-0.1, -0.05) is 12.1 Å². The molecule has 156 valence electrons. The maximum Gasteiger partial charge on any atom is 0.293 e. The van der Waals surface area contributed by atoms with E-state index in [0.29, 0.717) is 31.2 Å². The van der Waals surface area contributed by atoms with Crippen molar-refractivity contribution < 1.29 is 22.8 Å². The van der Waals surface area contributed by atoms with Crippen LogP contribution in [0.2, 0.25) is 0 Å². The monoisotopic (exact) mass is 421 g/mol. The van der Waals surface area contributed by atoms with E-state index in [0.717, 1.165) is 11.6 Å². The van der Waals surface area contributed by atoms with Crippen LogP contribution < -0.4 is 9.64 Å². The molecule has 2 aromatic rings. The van der Waals surface area contributed by atoms with E-state index in [1.807, 2.05) is 24.3 Å². The number of hydrogen-bond acceptors (Lipinski definition) is 7. The van der Waals surface area contributed by atoms with Gasteiger partial charge in [0.05, 0.1) is 30.1 Å². The van der Waals surface area contributed by atoms with E-state index in [4.69, 9.17) is 9.47 Å². The molecular weight excluding hydrogens is 398 g/mol. The molecule has 2 aromatic carbocycles. The van der Waals surface area contributed by atoms with Gasteiger partial charge in [-0.3, -0.25) is 10.1 Å². The molecule has 1 aliphatic heterocycles. The maximum absolute atomic E-state index is 12.8. The highest BCUT2D eigenvalue weighted by Crippen LogP contribution is 2.32. The van der Waals surface area contributed by atoms with E-state index >= 15 is 0 Å². The summed E-state index contributed by atoms with van der Waals surface area (Å²) in [6.07, 6.45) is 0. The molecular formula is C19H23N3O6S. The fourth-order valence-corrected chi connectivity index (χ4v) is 4.63. The minimum absolute atomic E-state index is 0.0929. The van der Waals surface area contributed by atoms with Gasteiger partial charge in [0.1, 0.15) is 11.4 Å². The van der Waals surface area contributed by atoms with Gasteiger partial charge in [-0.25, -0.2) is 8.42 Å². The summed E-state index contributed by atoms with van der Waals surface area (Å²) in [5.41, 5.74) is 0.981. The number of morpholine rings is 1. The molecule has 9 nitrogen and oxygen atoms in total. The third-order valence-electron chi connectivity index (χ3n) is 4.72. The van der Waals surface area contributed by atoms with E-state index < -0.39 is 14.9 Å². The van der Waals surface area contributed by atoms with E-state index in [-0.39, 0.29) is 23.7 Å². The van der Waals surface area contributed by atoms with Crippen molar-refractivity contribution in [2.24, 2.45) is 0 Å². The normalized spacial score (nSPS) is 15.1. The molecule has 0 N–H and O–H groups in total. The molecule has 0 spiro atoms. The first-order valence-corrected chi connectivity index (χ1v) is 10.5. The highest BCUT2D eigenvalue weighted by molar-refractivity contribution is 7.89. The van der Waals surface area contributed by atoms with Crippen LogP contribution in [0.4, 0.5) is 11.4 Å². The second-order valence-corrected chi connectivity index (χ2v) is 8.57. The molecule has 0 atom stereocenters. The van der Waals surface area contributed by atoms with Crippen molar-refractivity contribution in [2.45, 2.75) is 11.4 Å². The molecule has 0 radical (unpaired) electrons. The van der Waals surface area contributed by atoms with Crippen LogP contribution >= 0.6 is 0 Å². The Bertz CT molecular complexity index is 989. The van der Waals surface area contributed by atoms with E-state index in [2.05, 4.69) is 0 Å². The van der Waals surface area contributed by atoms with E-state index in [1.165, 1.54) is 16.4 Å². The predicted molar refractivity (Wildman–Crippen MR) is 108 cm³/mol. The van der Waals surface area contributed by atoms with Crippen LogP contribution in [0.25, 0.3) is 0 Å². The summed E-state index contributed by atoms with van der Waals surface area (Å²) in [7, 11) is -0.524. The van der Waals surface area contributed by atoms with Crippen molar-refractivity contribution in [1.29, 1.82) is 0 Å². The summed E-state index contributed by atoms with van der Waals surface area (Å²) < 4.78 is 37.3. The zero-order valence-corrected chi connectivity index (χ0v) is 17.1. The summed E-state index contributed by atoms with van der Waals surface area (Å²) in [4.78, 5) is 12.7. The van der Waals surface area contributed by atoms with Crippen molar-refractivity contribution in [3.63, 3.8) is 0 Å². The number of ether oxygens (including phenoxy) is 2. The van der Waals surface area contributed by atoms with Crippen LogP contribution in [-0.2, 0) is 21.3 Å². The number of nitro benzene ring substituents is 1. The number of sulfonamides is 1. The molecule has 1 aliphatic rings. The Hall–Kier alpha value is -2.69. The lowest BCUT2D eigenvalue weighted by atomic mass is 10.2. The number of rotatable bonds is 7. The second-order valence-electron chi connectivity index (χ2n) is 6.63. The summed E-state index contributed by atoms with van der Waals surface area (Å²) in [6.45, 7) is 1.47. The topological polar surface area (TPSA) is 102 Å². The maximum atomic E-state index is 12.8. The van der Waals surface area contributed by atoms with Crippen LogP contribution in [0.15, 0.2) is 47.4 Å². The first-order valence-electron chi connectivity index (χ1n) is 9.03. The SMILES string of the molecule is COc1cccc(CN(C)c2ccc(S(=O)(=O)N3CCOCC3)cc2[N+](=O)[O-])c1. The molecule has 0 unspecified atom stereocenters. The summed E-state index contributed by atoms with van der Waals surface area (Å²) in [5.74, 6) is 0.692. The smallest absolute Gasteiger partial charge is 0.293 e. The van der Waals surface area contributed by atoms with Crippen LogP contribution in [0, 0.1) is 10.1 Å². The van der Waals surface area contributed by atoms with Gasteiger partial charge in [0, 0.05) is 32.7 Å². The van der Waals surface area contributed by atoms with E-state index in [1.54, 1.807) is 19.1 Å². The van der Waals surface area contributed by atoms with Crippen molar-refractivity contribution in [3.05, 3.63) is 58.1 Å². The fourth-order valence-electron chi connectivity index (χ4n) is 3.20. The first kappa shape index (κ1) is 21.0. The lowest BCUT2D eigenvalue weighted by molar-refractivity contribution is -0.384. The Morgan fingerprint density at radius 2 is 1.93 bits per heavy atom. The first-order chi connectivity index (χ1) is 13.8. The third kappa shape index (κ3) is 4.66. The lowest BCUT2D eigenvalue weighted by Crippen LogP contribution is -2.40. The van der Waals surface area contributed by atoms with Gasteiger partial charge in [-0.05, 0) is 29.8 Å². The number of hydrogen-bond donors (Lipinski definition) is 0. The Kier molecular flexibility index (Phi) is 6.36. The van der Waals surface area contributed by atoms with Crippen LogP contribution in [-0.4, -0.2) is 58.1 Å². The van der Waals surface area contributed by atoms with Gasteiger partial charge in [0.25, 0.3) is 5.69 Å². The molecule has 0 saturated carbocycles. The lowest BCUT2D eigenvalue weighted by Gasteiger charge is -2.26. The number of nitrogens with zero attached hydrogens (tertiary/aromatic N) is 3. The largest absolute Gasteiger partial charge is 0.497 e. The molecule has 0 amide bonds. The van der Waals surface area contributed by atoms with Gasteiger partial charge in [-0.15, -0.1) is 0 Å². The number of benzene rings is 2. The molecule has 29 heavy (non-hydrogen) atoms. The minimum Gasteiger partial charge on any atom is -0.497 e. The molecule has 1 heterocycles. The standard InChI is InChI=1S/C19H23N3O6S/c1-20(14-15-4-3-5-16(12-15)27-2)18-7-6-17(13-19(18)22(23)24)29(25,26)21-8-10-28-11-9-21/h3-7,12-13H,8-11,14H2,1-2H3.